The molecule has 0 amide bonds. The minimum Gasteiger partial charge on any atom is -0.462 e. The molecule has 0 aromatic carbocycles. The molecule has 0 N–H and O–H groups in total. The quantitative estimate of drug-likeness (QED) is 0.0990. The lowest BCUT2D eigenvalue weighted by atomic mass is 9.95. The molecule has 0 aromatic rings. The van der Waals surface area contributed by atoms with Crippen LogP contribution in [0.4, 0.5) is 0 Å². The fraction of sp³-hybridized carbons (Fsp3) is 0.783. The van der Waals surface area contributed by atoms with Gasteiger partial charge in [-0.05, 0) is 33.2 Å². The van der Waals surface area contributed by atoms with E-state index >= 15 is 0 Å². The Morgan fingerprint density at radius 3 is 2.09 bits per heavy atom. The molecule has 1 heterocycles. The number of ether oxygens (including phenoxy) is 3. The number of rotatable bonds is 16. The molecular formula is C23H46O9Si2. The SMILES string of the molecule is C/C=C/COCCC[Si](OC)(OC)OC.C=C(C)C(=O)OCC1COC1(CC)[Si](C)(OC)OC. The van der Waals surface area contributed by atoms with Gasteiger partial charge in [-0.15, -0.1) is 0 Å². The first-order chi connectivity index (χ1) is 16.1. The fourth-order valence-electron chi connectivity index (χ4n) is 3.72. The summed E-state index contributed by atoms with van der Waals surface area (Å²) in [4.78, 5) is 11.5. The third-order valence-electron chi connectivity index (χ3n) is 6.19. The number of carbonyl (C=O) groups is 1. The zero-order chi connectivity index (χ0) is 26.3. The van der Waals surface area contributed by atoms with Gasteiger partial charge in [-0.2, -0.15) is 0 Å². The number of allylic oxidation sites excluding steroid dienone is 1. The van der Waals surface area contributed by atoms with Gasteiger partial charge in [0.05, 0.1) is 19.8 Å². The highest BCUT2D eigenvalue weighted by Crippen LogP contribution is 2.44. The summed E-state index contributed by atoms with van der Waals surface area (Å²) in [7, 11) is 3.32. The summed E-state index contributed by atoms with van der Waals surface area (Å²) in [5.74, 6) is -0.257. The normalized spacial score (nSPS) is 20.4. The van der Waals surface area contributed by atoms with Crippen molar-refractivity contribution in [1.82, 2.24) is 0 Å². The fourth-order valence-corrected chi connectivity index (χ4v) is 8.17. The van der Waals surface area contributed by atoms with Gasteiger partial charge >= 0.3 is 23.3 Å². The molecule has 1 rings (SSSR count). The van der Waals surface area contributed by atoms with Gasteiger partial charge in [0.15, 0.2) is 0 Å². The van der Waals surface area contributed by atoms with E-state index in [0.717, 1.165) is 18.9 Å². The van der Waals surface area contributed by atoms with Crippen molar-refractivity contribution in [3.63, 3.8) is 0 Å². The maximum Gasteiger partial charge on any atom is 0.500 e. The van der Waals surface area contributed by atoms with E-state index < -0.39 is 22.6 Å². The highest BCUT2D eigenvalue weighted by Gasteiger charge is 2.63. The van der Waals surface area contributed by atoms with Gasteiger partial charge in [0.1, 0.15) is 5.22 Å². The number of esters is 1. The molecule has 0 bridgehead atoms. The second-order valence-corrected chi connectivity index (χ2v) is 14.7. The predicted molar refractivity (Wildman–Crippen MR) is 136 cm³/mol. The van der Waals surface area contributed by atoms with Crippen molar-refractivity contribution >= 4 is 23.3 Å². The molecule has 0 aliphatic carbocycles. The summed E-state index contributed by atoms with van der Waals surface area (Å²) in [5, 5.41) is -0.453. The highest BCUT2D eigenvalue weighted by atomic mass is 28.4. The van der Waals surface area contributed by atoms with Crippen LogP contribution in [0.1, 0.15) is 33.6 Å². The highest BCUT2D eigenvalue weighted by molar-refractivity contribution is 6.69. The van der Waals surface area contributed by atoms with Gasteiger partial charge in [0.25, 0.3) is 0 Å². The van der Waals surface area contributed by atoms with Crippen LogP contribution in [0.3, 0.4) is 0 Å². The summed E-state index contributed by atoms with van der Waals surface area (Å²) < 4.78 is 43.5. The van der Waals surface area contributed by atoms with Crippen molar-refractivity contribution in [3.8, 4) is 0 Å². The molecule has 2 atom stereocenters. The Balaban J connectivity index is 0.000000661. The first-order valence-electron chi connectivity index (χ1n) is 11.5. The largest absolute Gasteiger partial charge is 0.500 e. The molecule has 11 heteroatoms. The minimum absolute atomic E-state index is 0.109. The maximum atomic E-state index is 11.5. The molecule has 0 aromatic heterocycles. The molecule has 2 unspecified atom stereocenters. The van der Waals surface area contributed by atoms with Crippen LogP contribution in [0, 0.1) is 5.92 Å². The predicted octanol–water partition coefficient (Wildman–Crippen LogP) is 3.65. The van der Waals surface area contributed by atoms with E-state index in [2.05, 4.69) is 6.58 Å². The van der Waals surface area contributed by atoms with E-state index in [1.807, 2.05) is 32.5 Å². The summed E-state index contributed by atoms with van der Waals surface area (Å²) >= 11 is 0. The Labute approximate surface area is 208 Å². The van der Waals surface area contributed by atoms with Gasteiger partial charge in [0, 0.05) is 59.7 Å². The Morgan fingerprint density at radius 2 is 1.71 bits per heavy atom. The van der Waals surface area contributed by atoms with Crippen molar-refractivity contribution < 1.29 is 41.1 Å². The van der Waals surface area contributed by atoms with E-state index in [1.54, 1.807) is 42.5 Å². The van der Waals surface area contributed by atoms with Crippen molar-refractivity contribution in [1.29, 1.82) is 0 Å². The van der Waals surface area contributed by atoms with E-state index in [9.17, 15) is 4.79 Å². The molecule has 1 aliphatic heterocycles. The third-order valence-corrected chi connectivity index (χ3v) is 13.0. The van der Waals surface area contributed by atoms with Crippen LogP contribution in [-0.4, -0.2) is 90.5 Å². The van der Waals surface area contributed by atoms with Crippen molar-refractivity contribution in [2.45, 2.75) is 51.4 Å². The molecule has 9 nitrogen and oxygen atoms in total. The Morgan fingerprint density at radius 1 is 1.12 bits per heavy atom. The number of hydrogen-bond donors (Lipinski definition) is 0. The average Bonchev–Trinajstić information content (AvgIpc) is 2.84. The van der Waals surface area contributed by atoms with Crippen LogP contribution in [0.15, 0.2) is 24.3 Å². The second kappa shape index (κ2) is 16.7. The topological polar surface area (TPSA) is 90.9 Å². The lowest BCUT2D eigenvalue weighted by molar-refractivity contribution is -0.195. The molecule has 1 aliphatic rings. The average molecular weight is 523 g/mol. The Kier molecular flexibility index (Phi) is 16.3. The Bertz CT molecular complexity index is 609. The van der Waals surface area contributed by atoms with Crippen LogP contribution in [-0.2, 0) is 41.1 Å². The first kappa shape index (κ1) is 33.1. The molecule has 1 saturated heterocycles. The van der Waals surface area contributed by atoms with E-state index in [1.165, 1.54) is 0 Å². The van der Waals surface area contributed by atoms with E-state index in [-0.39, 0.29) is 11.9 Å². The van der Waals surface area contributed by atoms with Crippen molar-refractivity contribution in [2.24, 2.45) is 5.92 Å². The molecule has 1 fully saturated rings. The minimum atomic E-state index is -2.46. The number of hydrogen-bond acceptors (Lipinski definition) is 9. The zero-order valence-corrected chi connectivity index (χ0v) is 24.6. The first-order valence-corrected chi connectivity index (χ1v) is 15.8. The van der Waals surface area contributed by atoms with Gasteiger partial charge < -0.3 is 36.3 Å². The smallest absolute Gasteiger partial charge is 0.462 e. The molecule has 34 heavy (non-hydrogen) atoms. The third kappa shape index (κ3) is 8.96. The van der Waals surface area contributed by atoms with Crippen molar-refractivity contribution in [3.05, 3.63) is 24.3 Å². The Hall–Kier alpha value is -0.896. The summed E-state index contributed by atoms with van der Waals surface area (Å²) in [6, 6.07) is 0.784. The zero-order valence-electron chi connectivity index (χ0n) is 22.6. The summed E-state index contributed by atoms with van der Waals surface area (Å²) in [6.45, 7) is 13.4. The van der Waals surface area contributed by atoms with Gasteiger partial charge in [-0.1, -0.05) is 25.7 Å². The second-order valence-electron chi connectivity index (χ2n) is 8.03. The van der Waals surface area contributed by atoms with Gasteiger partial charge in [-0.25, -0.2) is 4.79 Å². The summed E-state index contributed by atoms with van der Waals surface area (Å²) in [5.41, 5.74) is 0.404. The lowest BCUT2D eigenvalue weighted by Crippen LogP contribution is -2.72. The van der Waals surface area contributed by atoms with Crippen LogP contribution in [0.5, 0.6) is 0 Å². The molecular weight excluding hydrogens is 476 g/mol. The summed E-state index contributed by atoms with van der Waals surface area (Å²) in [6.07, 6.45) is 5.61. The van der Waals surface area contributed by atoms with Crippen LogP contribution in [0.25, 0.3) is 0 Å². The van der Waals surface area contributed by atoms with Crippen LogP contribution < -0.4 is 0 Å². The van der Waals surface area contributed by atoms with Crippen LogP contribution >= 0.6 is 0 Å². The molecule has 0 radical (unpaired) electrons. The lowest BCUT2D eigenvalue weighted by Gasteiger charge is -2.54. The van der Waals surface area contributed by atoms with Gasteiger partial charge in [0.2, 0.25) is 0 Å². The molecule has 0 saturated carbocycles. The van der Waals surface area contributed by atoms with Crippen molar-refractivity contribution in [2.75, 3.05) is 62.0 Å². The maximum absolute atomic E-state index is 11.5. The van der Waals surface area contributed by atoms with Gasteiger partial charge in [-0.3, -0.25) is 0 Å². The standard InChI is InChI=1S/C13H24O5Si.C10H22O4Si/c1-7-13(19(6,15-4)16-5)11(9-18-13)8-17-12(14)10(2)3;1-5-6-8-14-9-7-10-15(11-2,12-3)13-4/h11H,2,7-9H2,1,3-6H3;5-6H,7-10H2,1-4H3/b;6-5+. The van der Waals surface area contributed by atoms with E-state index in [0.29, 0.717) is 32.0 Å². The van der Waals surface area contributed by atoms with Crippen LogP contribution in [0.2, 0.25) is 12.6 Å². The molecule has 200 valence electrons. The molecule has 0 spiro atoms. The number of carbonyl (C=O) groups excluding carboxylic acids is 1. The monoisotopic (exact) mass is 522 g/mol. The van der Waals surface area contributed by atoms with E-state index in [4.69, 9.17) is 36.3 Å².